The molecule has 1 saturated heterocycles. The van der Waals surface area contributed by atoms with Crippen molar-refractivity contribution >= 4 is 0 Å². The maximum Gasteiger partial charge on any atom is 0.405 e. The van der Waals surface area contributed by atoms with E-state index < -0.39 is 18.8 Å². The number of hydrogen-bond donors (Lipinski definition) is 1. The lowest BCUT2D eigenvalue weighted by Gasteiger charge is -2.40. The molecule has 1 fully saturated rings. The lowest BCUT2D eigenvalue weighted by molar-refractivity contribution is -0.199. The summed E-state index contributed by atoms with van der Waals surface area (Å²) in [6.45, 7) is 3.71. The molecule has 1 rings (SSSR count). The molecule has 3 atom stereocenters. The Morgan fingerprint density at radius 1 is 1.33 bits per heavy atom. The van der Waals surface area contributed by atoms with Crippen LogP contribution in [0.15, 0.2) is 0 Å². The molecule has 1 aliphatic rings. The maximum atomic E-state index is 12.6. The molecule has 0 aromatic heterocycles. The molecule has 1 heterocycles. The van der Waals surface area contributed by atoms with E-state index in [0.717, 1.165) is 0 Å². The number of ether oxygens (including phenoxy) is 1. The van der Waals surface area contributed by atoms with Crippen LogP contribution in [0.5, 0.6) is 0 Å². The topological polar surface area (TPSA) is 38.5 Å². The van der Waals surface area contributed by atoms with Crippen molar-refractivity contribution in [2.45, 2.75) is 38.3 Å². The summed E-state index contributed by atoms with van der Waals surface area (Å²) in [7, 11) is 0. The summed E-state index contributed by atoms with van der Waals surface area (Å²) in [6, 6.07) is -1.55. The maximum absolute atomic E-state index is 12.6. The van der Waals surface area contributed by atoms with Gasteiger partial charge in [-0.25, -0.2) is 0 Å². The van der Waals surface area contributed by atoms with Crippen molar-refractivity contribution < 1.29 is 17.9 Å². The van der Waals surface area contributed by atoms with Gasteiger partial charge in [0.15, 0.2) is 0 Å². The highest BCUT2D eigenvalue weighted by molar-refractivity contribution is 4.84. The minimum atomic E-state index is -4.26. The molecule has 90 valence electrons. The standard InChI is InChI=1S/C9H17F3N2O/c1-6-4-14(5-7(2)15-6)8(3-13)9(10,11)12/h6-8H,3-5,13H2,1-2H3/t6-,7+,8?. The Morgan fingerprint density at radius 2 is 1.80 bits per heavy atom. The van der Waals surface area contributed by atoms with Crippen LogP contribution in [0.1, 0.15) is 13.8 Å². The van der Waals surface area contributed by atoms with E-state index in [0.29, 0.717) is 0 Å². The van der Waals surface area contributed by atoms with E-state index in [1.54, 1.807) is 13.8 Å². The van der Waals surface area contributed by atoms with Gasteiger partial charge in [-0.1, -0.05) is 0 Å². The normalized spacial score (nSPS) is 31.6. The molecule has 15 heavy (non-hydrogen) atoms. The fraction of sp³-hybridized carbons (Fsp3) is 1.00. The molecule has 0 radical (unpaired) electrons. The molecule has 0 bridgehead atoms. The van der Waals surface area contributed by atoms with Crippen molar-refractivity contribution in [1.29, 1.82) is 0 Å². The minimum Gasteiger partial charge on any atom is -0.373 e. The largest absolute Gasteiger partial charge is 0.405 e. The summed E-state index contributed by atoms with van der Waals surface area (Å²) in [5, 5.41) is 0. The predicted molar refractivity (Wildman–Crippen MR) is 50.5 cm³/mol. The molecule has 3 nitrogen and oxygen atoms in total. The van der Waals surface area contributed by atoms with Crippen LogP contribution < -0.4 is 5.73 Å². The molecule has 1 unspecified atom stereocenters. The van der Waals surface area contributed by atoms with E-state index >= 15 is 0 Å². The Bertz CT molecular complexity index is 200. The van der Waals surface area contributed by atoms with Gasteiger partial charge in [-0.05, 0) is 13.8 Å². The van der Waals surface area contributed by atoms with Gasteiger partial charge in [0.1, 0.15) is 6.04 Å². The lowest BCUT2D eigenvalue weighted by Crippen LogP contribution is -2.57. The molecule has 0 saturated carbocycles. The van der Waals surface area contributed by atoms with E-state index in [1.807, 2.05) is 0 Å². The first-order valence-corrected chi connectivity index (χ1v) is 5.01. The fourth-order valence-electron chi connectivity index (χ4n) is 1.96. The summed E-state index contributed by atoms with van der Waals surface area (Å²) in [5.74, 6) is 0. The lowest BCUT2D eigenvalue weighted by atomic mass is 10.1. The SMILES string of the molecule is C[C@@H]1CN(C(CN)C(F)(F)F)C[C@H](C)O1. The van der Waals surface area contributed by atoms with Gasteiger partial charge >= 0.3 is 6.18 Å². The molecule has 0 aromatic rings. The second-order valence-corrected chi connectivity index (χ2v) is 4.00. The van der Waals surface area contributed by atoms with Crippen LogP contribution in [0.25, 0.3) is 0 Å². The average Bonchev–Trinajstić information content (AvgIpc) is 1.99. The second-order valence-electron chi connectivity index (χ2n) is 4.00. The highest BCUT2D eigenvalue weighted by Gasteiger charge is 2.44. The van der Waals surface area contributed by atoms with E-state index in [-0.39, 0.29) is 25.3 Å². The van der Waals surface area contributed by atoms with Gasteiger partial charge in [0.25, 0.3) is 0 Å². The highest BCUT2D eigenvalue weighted by atomic mass is 19.4. The van der Waals surface area contributed by atoms with Crippen molar-refractivity contribution in [1.82, 2.24) is 4.90 Å². The van der Waals surface area contributed by atoms with Crippen LogP contribution in [0.2, 0.25) is 0 Å². The first kappa shape index (κ1) is 12.7. The summed E-state index contributed by atoms with van der Waals surface area (Å²) in [6.07, 6.45) is -4.61. The van der Waals surface area contributed by atoms with Crippen LogP contribution in [0.4, 0.5) is 13.2 Å². The number of nitrogens with two attached hydrogens (primary N) is 1. The van der Waals surface area contributed by atoms with Crippen molar-refractivity contribution in [3.05, 3.63) is 0 Å². The number of alkyl halides is 3. The molecule has 0 spiro atoms. The van der Waals surface area contributed by atoms with E-state index in [9.17, 15) is 13.2 Å². The summed E-state index contributed by atoms with van der Waals surface area (Å²) in [4.78, 5) is 1.36. The molecular weight excluding hydrogens is 209 g/mol. The third-order valence-electron chi connectivity index (χ3n) is 2.49. The van der Waals surface area contributed by atoms with E-state index in [1.165, 1.54) is 4.90 Å². The minimum absolute atomic E-state index is 0.176. The predicted octanol–water partition coefficient (Wildman–Crippen LogP) is 0.985. The number of morpholine rings is 1. The zero-order valence-corrected chi connectivity index (χ0v) is 8.92. The second kappa shape index (κ2) is 4.67. The quantitative estimate of drug-likeness (QED) is 0.763. The Kier molecular flexibility index (Phi) is 3.97. The molecular formula is C9H17F3N2O. The van der Waals surface area contributed by atoms with Crippen LogP contribution in [0.3, 0.4) is 0 Å². The van der Waals surface area contributed by atoms with Gasteiger partial charge in [0, 0.05) is 19.6 Å². The third kappa shape index (κ3) is 3.32. The Morgan fingerprint density at radius 3 is 2.13 bits per heavy atom. The van der Waals surface area contributed by atoms with E-state index in [2.05, 4.69) is 0 Å². The van der Waals surface area contributed by atoms with Gasteiger partial charge < -0.3 is 10.5 Å². The smallest absolute Gasteiger partial charge is 0.373 e. The number of nitrogens with zero attached hydrogens (tertiary/aromatic N) is 1. The number of hydrogen-bond acceptors (Lipinski definition) is 3. The first-order valence-electron chi connectivity index (χ1n) is 5.01. The van der Waals surface area contributed by atoms with Crippen molar-refractivity contribution in [3.63, 3.8) is 0 Å². The summed E-state index contributed by atoms with van der Waals surface area (Å²) in [5.41, 5.74) is 5.18. The van der Waals surface area contributed by atoms with Gasteiger partial charge in [-0.2, -0.15) is 13.2 Å². The van der Waals surface area contributed by atoms with Gasteiger partial charge in [0.2, 0.25) is 0 Å². The Hall–Kier alpha value is -0.330. The summed E-state index contributed by atoms with van der Waals surface area (Å²) < 4.78 is 43.2. The third-order valence-corrected chi connectivity index (χ3v) is 2.49. The molecule has 0 amide bonds. The monoisotopic (exact) mass is 226 g/mol. The van der Waals surface area contributed by atoms with Crippen LogP contribution >= 0.6 is 0 Å². The Balaban J connectivity index is 2.68. The Labute approximate surface area is 87.4 Å². The number of rotatable bonds is 2. The average molecular weight is 226 g/mol. The highest BCUT2D eigenvalue weighted by Crippen LogP contribution is 2.26. The summed E-state index contributed by atoms with van der Waals surface area (Å²) >= 11 is 0. The molecule has 1 aliphatic heterocycles. The van der Waals surface area contributed by atoms with Crippen LogP contribution in [0, 0.1) is 0 Å². The molecule has 6 heteroatoms. The number of halogens is 3. The van der Waals surface area contributed by atoms with Gasteiger partial charge in [0.05, 0.1) is 12.2 Å². The zero-order chi connectivity index (χ0) is 11.6. The van der Waals surface area contributed by atoms with Crippen molar-refractivity contribution in [2.24, 2.45) is 5.73 Å². The first-order chi connectivity index (χ1) is 6.84. The van der Waals surface area contributed by atoms with Gasteiger partial charge in [-0.3, -0.25) is 4.90 Å². The molecule has 2 N–H and O–H groups in total. The van der Waals surface area contributed by atoms with Crippen molar-refractivity contribution in [2.75, 3.05) is 19.6 Å². The van der Waals surface area contributed by atoms with E-state index in [4.69, 9.17) is 10.5 Å². The van der Waals surface area contributed by atoms with Crippen molar-refractivity contribution in [3.8, 4) is 0 Å². The van der Waals surface area contributed by atoms with Crippen LogP contribution in [-0.4, -0.2) is 49.0 Å². The van der Waals surface area contributed by atoms with Crippen LogP contribution in [-0.2, 0) is 4.74 Å². The molecule has 0 aromatic carbocycles. The fourth-order valence-corrected chi connectivity index (χ4v) is 1.96. The zero-order valence-electron chi connectivity index (χ0n) is 8.92. The molecule has 0 aliphatic carbocycles. The van der Waals surface area contributed by atoms with Gasteiger partial charge in [-0.15, -0.1) is 0 Å².